The molecule has 6 nitrogen and oxygen atoms in total. The average molecular weight is 375 g/mol. The second-order valence-electron chi connectivity index (χ2n) is 6.69. The summed E-state index contributed by atoms with van der Waals surface area (Å²) < 4.78 is 0. The summed E-state index contributed by atoms with van der Waals surface area (Å²) >= 11 is 0. The predicted molar refractivity (Wildman–Crippen MR) is 115 cm³/mol. The zero-order valence-electron chi connectivity index (χ0n) is 16.4. The molecule has 0 aliphatic carbocycles. The Bertz CT molecular complexity index is 956. The fourth-order valence-corrected chi connectivity index (χ4v) is 2.76. The largest absolute Gasteiger partial charge is 0.395 e. The molecule has 0 spiro atoms. The maximum atomic E-state index is 9.25. The summed E-state index contributed by atoms with van der Waals surface area (Å²) in [6, 6.07) is 14.1. The second kappa shape index (κ2) is 9.10. The van der Waals surface area contributed by atoms with E-state index in [1.54, 1.807) is 18.6 Å². The third kappa shape index (κ3) is 4.92. The summed E-state index contributed by atoms with van der Waals surface area (Å²) in [5, 5.41) is 13.6. The Morgan fingerprint density at radius 3 is 2.54 bits per heavy atom. The van der Waals surface area contributed by atoms with Crippen LogP contribution in [0.25, 0.3) is 11.1 Å². The molecule has 28 heavy (non-hydrogen) atoms. The van der Waals surface area contributed by atoms with Gasteiger partial charge in [-0.3, -0.25) is 10.4 Å². The van der Waals surface area contributed by atoms with Crippen LogP contribution >= 0.6 is 0 Å². The van der Waals surface area contributed by atoms with Crippen molar-refractivity contribution in [1.82, 2.24) is 9.97 Å². The van der Waals surface area contributed by atoms with Crippen LogP contribution in [-0.2, 0) is 0 Å². The molecule has 6 heteroatoms. The number of aliphatic hydroxyl groups excluding tert-OH is 1. The van der Waals surface area contributed by atoms with Gasteiger partial charge in [-0.25, -0.2) is 4.98 Å². The van der Waals surface area contributed by atoms with Crippen LogP contribution < -0.4 is 10.3 Å². The van der Waals surface area contributed by atoms with Crippen molar-refractivity contribution in [1.29, 1.82) is 0 Å². The maximum absolute atomic E-state index is 9.25. The molecule has 2 heterocycles. The molecular weight excluding hydrogens is 350 g/mol. The van der Waals surface area contributed by atoms with Crippen LogP contribution in [0.2, 0.25) is 0 Å². The number of likely N-dealkylation sites (N-methyl/N-ethyl adjacent to an activating group) is 1. The molecule has 144 valence electrons. The van der Waals surface area contributed by atoms with Crippen molar-refractivity contribution >= 4 is 17.9 Å². The topological polar surface area (TPSA) is 73.6 Å². The number of aliphatic hydroxyl groups is 1. The first-order chi connectivity index (χ1) is 13.6. The molecule has 0 amide bonds. The lowest BCUT2D eigenvalue weighted by Crippen LogP contribution is -2.22. The Labute approximate surface area is 165 Å². The predicted octanol–water partition coefficient (Wildman–Crippen LogP) is 3.63. The Morgan fingerprint density at radius 1 is 1.04 bits per heavy atom. The van der Waals surface area contributed by atoms with Crippen LogP contribution in [0.3, 0.4) is 0 Å². The van der Waals surface area contributed by atoms with Gasteiger partial charge < -0.3 is 10.0 Å². The van der Waals surface area contributed by atoms with E-state index in [2.05, 4.69) is 46.5 Å². The highest BCUT2D eigenvalue weighted by atomic mass is 16.3. The molecule has 0 aliphatic rings. The fraction of sp³-hybridized carbons (Fsp3) is 0.227. The number of nitrogens with one attached hydrogen (secondary N) is 1. The van der Waals surface area contributed by atoms with Crippen molar-refractivity contribution < 1.29 is 5.11 Å². The SMILES string of the molecule is Cc1ccc(C=NNc2cc(-c3ccncc3)cc(N(C)CCO)n2)cc1C. The van der Waals surface area contributed by atoms with Gasteiger partial charge in [0.05, 0.1) is 12.8 Å². The minimum Gasteiger partial charge on any atom is -0.395 e. The van der Waals surface area contributed by atoms with Crippen LogP contribution in [0, 0.1) is 13.8 Å². The molecule has 3 rings (SSSR count). The van der Waals surface area contributed by atoms with Crippen molar-refractivity contribution in [2.45, 2.75) is 13.8 Å². The zero-order valence-corrected chi connectivity index (χ0v) is 16.4. The lowest BCUT2D eigenvalue weighted by atomic mass is 10.1. The van der Waals surface area contributed by atoms with E-state index < -0.39 is 0 Å². The molecule has 0 saturated carbocycles. The summed E-state index contributed by atoms with van der Waals surface area (Å²) in [4.78, 5) is 10.6. The van der Waals surface area contributed by atoms with Crippen LogP contribution in [0.4, 0.5) is 11.6 Å². The van der Waals surface area contributed by atoms with Crippen LogP contribution in [-0.4, -0.2) is 41.5 Å². The van der Waals surface area contributed by atoms with E-state index >= 15 is 0 Å². The van der Waals surface area contributed by atoms with Gasteiger partial charge in [-0.15, -0.1) is 0 Å². The molecule has 3 aromatic rings. The Balaban J connectivity index is 1.87. The van der Waals surface area contributed by atoms with Gasteiger partial charge in [0.25, 0.3) is 0 Å². The summed E-state index contributed by atoms with van der Waals surface area (Å²) in [6.45, 7) is 4.74. The average Bonchev–Trinajstić information content (AvgIpc) is 2.71. The summed E-state index contributed by atoms with van der Waals surface area (Å²) in [5.74, 6) is 1.39. The smallest absolute Gasteiger partial charge is 0.149 e. The first-order valence-corrected chi connectivity index (χ1v) is 9.17. The highest BCUT2D eigenvalue weighted by Crippen LogP contribution is 2.26. The highest BCUT2D eigenvalue weighted by Gasteiger charge is 2.08. The molecular formula is C22H25N5O. The molecule has 0 aliphatic heterocycles. The molecule has 2 aromatic heterocycles. The standard InChI is InChI=1S/C22H25N5O/c1-16-4-5-18(12-17(16)2)15-24-26-21-13-20(19-6-8-23-9-7-19)14-22(25-21)27(3)10-11-28/h4-9,12-15,28H,10-11H2,1-3H3,(H,25,26). The van der Waals surface area contributed by atoms with Crippen LogP contribution in [0.1, 0.15) is 16.7 Å². The van der Waals surface area contributed by atoms with Crippen LogP contribution in [0.15, 0.2) is 60.0 Å². The number of anilines is 2. The summed E-state index contributed by atoms with van der Waals surface area (Å²) in [5.41, 5.74) is 8.58. The molecule has 2 N–H and O–H groups in total. The Morgan fingerprint density at radius 2 is 1.82 bits per heavy atom. The number of hydrogen-bond donors (Lipinski definition) is 2. The number of nitrogens with zero attached hydrogens (tertiary/aromatic N) is 4. The van der Waals surface area contributed by atoms with Crippen molar-refractivity contribution in [3.8, 4) is 11.1 Å². The second-order valence-corrected chi connectivity index (χ2v) is 6.69. The number of hydrazone groups is 1. The zero-order chi connectivity index (χ0) is 19.9. The van der Waals surface area contributed by atoms with Crippen molar-refractivity contribution in [2.75, 3.05) is 30.5 Å². The lowest BCUT2D eigenvalue weighted by Gasteiger charge is -2.18. The third-order valence-corrected chi connectivity index (χ3v) is 4.58. The quantitative estimate of drug-likeness (QED) is 0.487. The van der Waals surface area contributed by atoms with E-state index in [-0.39, 0.29) is 6.61 Å². The van der Waals surface area contributed by atoms with Gasteiger partial charge in [0.1, 0.15) is 11.6 Å². The molecule has 1 aromatic carbocycles. The van der Waals surface area contributed by atoms with E-state index in [4.69, 9.17) is 0 Å². The minimum atomic E-state index is 0.0609. The number of benzene rings is 1. The van der Waals surface area contributed by atoms with Gasteiger partial charge in [0.2, 0.25) is 0 Å². The minimum absolute atomic E-state index is 0.0609. The van der Waals surface area contributed by atoms with Gasteiger partial charge >= 0.3 is 0 Å². The van der Waals surface area contributed by atoms with Gasteiger partial charge in [0.15, 0.2) is 0 Å². The number of rotatable bonds is 7. The molecule has 0 unspecified atom stereocenters. The summed E-state index contributed by atoms with van der Waals surface area (Å²) in [7, 11) is 1.90. The van der Waals surface area contributed by atoms with Crippen LogP contribution in [0.5, 0.6) is 0 Å². The number of aryl methyl sites for hydroxylation is 2. The number of aromatic nitrogens is 2. The van der Waals surface area contributed by atoms with E-state index in [1.165, 1.54) is 11.1 Å². The Hall–Kier alpha value is -3.25. The van der Waals surface area contributed by atoms with Crippen molar-refractivity contribution in [2.24, 2.45) is 5.10 Å². The maximum Gasteiger partial charge on any atom is 0.149 e. The number of hydrogen-bond acceptors (Lipinski definition) is 6. The molecule has 0 fully saturated rings. The normalized spacial score (nSPS) is 11.0. The van der Waals surface area contributed by atoms with Crippen molar-refractivity contribution in [3.05, 3.63) is 71.5 Å². The third-order valence-electron chi connectivity index (χ3n) is 4.58. The van der Waals surface area contributed by atoms with Gasteiger partial charge in [0, 0.05) is 26.0 Å². The van der Waals surface area contributed by atoms with Crippen molar-refractivity contribution in [3.63, 3.8) is 0 Å². The highest BCUT2D eigenvalue weighted by molar-refractivity contribution is 5.81. The molecule has 0 saturated heterocycles. The molecule has 0 radical (unpaired) electrons. The van der Waals surface area contributed by atoms with E-state index in [9.17, 15) is 5.11 Å². The monoisotopic (exact) mass is 375 g/mol. The Kier molecular flexibility index (Phi) is 6.34. The first-order valence-electron chi connectivity index (χ1n) is 9.17. The van der Waals surface area contributed by atoms with E-state index in [0.29, 0.717) is 12.4 Å². The first kappa shape index (κ1) is 19.5. The molecule has 0 bridgehead atoms. The van der Waals surface area contributed by atoms with Gasteiger partial charge in [-0.05, 0) is 65.9 Å². The lowest BCUT2D eigenvalue weighted by molar-refractivity contribution is 0.304. The number of pyridine rings is 2. The van der Waals surface area contributed by atoms with Gasteiger partial charge in [-0.1, -0.05) is 18.2 Å². The van der Waals surface area contributed by atoms with Gasteiger partial charge in [-0.2, -0.15) is 5.10 Å². The molecule has 0 atom stereocenters. The fourth-order valence-electron chi connectivity index (χ4n) is 2.76. The van der Waals surface area contributed by atoms with E-state index in [1.807, 2.05) is 42.3 Å². The van der Waals surface area contributed by atoms with E-state index in [0.717, 1.165) is 22.5 Å². The summed E-state index contributed by atoms with van der Waals surface area (Å²) in [6.07, 6.45) is 5.31.